The highest BCUT2D eigenvalue weighted by Crippen LogP contribution is 2.33. The van der Waals surface area contributed by atoms with Crippen molar-refractivity contribution >= 4 is 23.2 Å². The van der Waals surface area contributed by atoms with Crippen LogP contribution >= 0.6 is 11.6 Å². The molecule has 0 aliphatic carbocycles. The third-order valence-electron chi connectivity index (χ3n) is 5.04. The Bertz CT molecular complexity index is 1120. The maximum atomic E-state index is 12.4. The van der Waals surface area contributed by atoms with Gasteiger partial charge in [0.15, 0.2) is 5.82 Å². The van der Waals surface area contributed by atoms with Gasteiger partial charge in [-0.3, -0.25) is 14.4 Å². The lowest BCUT2D eigenvalue weighted by Crippen LogP contribution is -2.25. The van der Waals surface area contributed by atoms with Crippen molar-refractivity contribution < 1.29 is 9.90 Å². The van der Waals surface area contributed by atoms with E-state index >= 15 is 0 Å². The van der Waals surface area contributed by atoms with E-state index in [-0.39, 0.29) is 18.9 Å². The van der Waals surface area contributed by atoms with E-state index in [4.69, 9.17) is 16.6 Å². The molecule has 8 heteroatoms. The summed E-state index contributed by atoms with van der Waals surface area (Å²) in [4.78, 5) is 17.4. The van der Waals surface area contributed by atoms with E-state index in [2.05, 4.69) is 15.5 Å². The van der Waals surface area contributed by atoms with E-state index in [1.54, 1.807) is 0 Å². The van der Waals surface area contributed by atoms with Gasteiger partial charge in [-0.05, 0) is 43.7 Å². The highest BCUT2D eigenvalue weighted by atomic mass is 35.5. The first-order valence-corrected chi connectivity index (χ1v) is 10.2. The van der Waals surface area contributed by atoms with Crippen LogP contribution in [0, 0.1) is 6.92 Å². The minimum absolute atomic E-state index is 0.0858. The molecular formula is C22H22ClN5O2. The van der Waals surface area contributed by atoms with Crippen LogP contribution in [0.3, 0.4) is 0 Å². The van der Waals surface area contributed by atoms with Crippen LogP contribution in [0.15, 0.2) is 47.5 Å². The molecule has 2 heterocycles. The Morgan fingerprint density at radius 3 is 2.67 bits per heavy atom. The summed E-state index contributed by atoms with van der Waals surface area (Å²) in [6.45, 7) is 4.21. The molecule has 2 aromatic carbocycles. The van der Waals surface area contributed by atoms with Gasteiger partial charge >= 0.3 is 0 Å². The number of rotatable bonds is 5. The Labute approximate surface area is 179 Å². The molecule has 7 nitrogen and oxygen atoms in total. The number of hydrogen-bond acceptors (Lipinski definition) is 5. The predicted octanol–water partition coefficient (Wildman–Crippen LogP) is 3.14. The van der Waals surface area contributed by atoms with Crippen LogP contribution < -0.4 is 5.32 Å². The van der Waals surface area contributed by atoms with Crippen molar-refractivity contribution in [3.8, 4) is 5.69 Å². The average molecular weight is 424 g/mol. The number of hydrogen-bond donors (Lipinski definition) is 2. The van der Waals surface area contributed by atoms with Gasteiger partial charge in [-0.2, -0.15) is 0 Å². The number of carbonyl (C=O) groups is 1. The van der Waals surface area contributed by atoms with Gasteiger partial charge in [0.25, 0.3) is 0 Å². The number of aromatic nitrogens is 3. The number of aryl methyl sites for hydroxylation is 1. The number of nitrogens with zero attached hydrogens (tertiary/aromatic N) is 4. The summed E-state index contributed by atoms with van der Waals surface area (Å²) < 4.78 is 1.94. The molecule has 0 fully saturated rings. The lowest BCUT2D eigenvalue weighted by atomic mass is 9.98. The van der Waals surface area contributed by atoms with Crippen LogP contribution in [0.5, 0.6) is 0 Å². The van der Waals surface area contributed by atoms with Crippen LogP contribution in [-0.2, 0) is 11.4 Å². The minimum Gasteiger partial charge on any atom is -0.392 e. The van der Waals surface area contributed by atoms with E-state index < -0.39 is 6.04 Å². The summed E-state index contributed by atoms with van der Waals surface area (Å²) in [6.07, 6.45) is 0.157. The standard InChI is InChI=1S/C22H22ClN5O2/c1-3-24-20(30)11-18-22-27-26-13(2)28(22)19-9-4-14(12-29)10-17(19)21(25-18)15-5-7-16(23)8-6-15/h4-10,18,29H,3,11-12H2,1-2H3,(H,24,30)/t18-/m0/s1. The molecular weight excluding hydrogens is 402 g/mol. The highest BCUT2D eigenvalue weighted by molar-refractivity contribution is 6.30. The molecule has 154 valence electrons. The lowest BCUT2D eigenvalue weighted by molar-refractivity contribution is -0.121. The van der Waals surface area contributed by atoms with E-state index in [9.17, 15) is 9.90 Å². The average Bonchev–Trinajstić information content (AvgIpc) is 3.06. The molecule has 3 aromatic rings. The Balaban J connectivity index is 1.96. The molecule has 30 heavy (non-hydrogen) atoms. The molecule has 1 aromatic heterocycles. The zero-order chi connectivity index (χ0) is 21.3. The molecule has 0 bridgehead atoms. The van der Waals surface area contributed by atoms with Gasteiger partial charge in [-0.25, -0.2) is 0 Å². The SMILES string of the molecule is CCNC(=O)C[C@@H]1N=C(c2ccc(Cl)cc2)c2cc(CO)ccc2-n2c(C)nnc21. The van der Waals surface area contributed by atoms with Gasteiger partial charge in [0.05, 0.1) is 24.4 Å². The van der Waals surface area contributed by atoms with E-state index in [1.165, 1.54) is 0 Å². The fraction of sp³-hybridized carbons (Fsp3) is 0.273. The molecule has 0 unspecified atom stereocenters. The highest BCUT2D eigenvalue weighted by Gasteiger charge is 2.29. The maximum absolute atomic E-state index is 12.4. The third kappa shape index (κ3) is 3.74. The number of nitrogens with one attached hydrogen (secondary N) is 1. The topological polar surface area (TPSA) is 92.4 Å². The monoisotopic (exact) mass is 423 g/mol. The molecule has 4 rings (SSSR count). The normalized spacial score (nSPS) is 15.1. The second kappa shape index (κ2) is 8.38. The van der Waals surface area contributed by atoms with E-state index in [1.807, 2.05) is 60.9 Å². The number of carbonyl (C=O) groups excluding carboxylic acids is 1. The van der Waals surface area contributed by atoms with Gasteiger partial charge in [-0.1, -0.05) is 29.8 Å². The van der Waals surface area contributed by atoms with Crippen LogP contribution in [0.25, 0.3) is 5.69 Å². The summed E-state index contributed by atoms with van der Waals surface area (Å²) >= 11 is 6.09. The van der Waals surface area contributed by atoms with Crippen molar-refractivity contribution in [1.82, 2.24) is 20.1 Å². The number of benzene rings is 2. The third-order valence-corrected chi connectivity index (χ3v) is 5.29. The summed E-state index contributed by atoms with van der Waals surface area (Å²) in [5.74, 6) is 1.22. The molecule has 1 aliphatic rings. The zero-order valence-electron chi connectivity index (χ0n) is 16.8. The molecule has 1 amide bonds. The predicted molar refractivity (Wildman–Crippen MR) is 115 cm³/mol. The Kier molecular flexibility index (Phi) is 5.65. The number of halogens is 1. The number of fused-ring (bicyclic) bond motifs is 3. The minimum atomic E-state index is -0.506. The van der Waals surface area contributed by atoms with Gasteiger partial charge in [0.1, 0.15) is 11.9 Å². The number of amides is 1. The van der Waals surface area contributed by atoms with Crippen molar-refractivity contribution in [3.63, 3.8) is 0 Å². The van der Waals surface area contributed by atoms with Crippen molar-refractivity contribution in [3.05, 3.63) is 75.8 Å². The molecule has 1 atom stereocenters. The summed E-state index contributed by atoms with van der Waals surface area (Å²) in [7, 11) is 0. The summed E-state index contributed by atoms with van der Waals surface area (Å²) in [5, 5.41) is 21.8. The maximum Gasteiger partial charge on any atom is 0.222 e. The summed E-state index contributed by atoms with van der Waals surface area (Å²) in [6, 6.07) is 12.6. The Morgan fingerprint density at radius 1 is 1.20 bits per heavy atom. The summed E-state index contributed by atoms with van der Waals surface area (Å²) in [5.41, 5.74) is 4.05. The largest absolute Gasteiger partial charge is 0.392 e. The number of aliphatic imine (C=N–C) groups is 1. The van der Waals surface area contributed by atoms with Crippen molar-refractivity contribution in [2.75, 3.05) is 6.54 Å². The van der Waals surface area contributed by atoms with Gasteiger partial charge < -0.3 is 10.4 Å². The second-order valence-electron chi connectivity index (χ2n) is 7.11. The first-order chi connectivity index (χ1) is 14.5. The Morgan fingerprint density at radius 2 is 1.97 bits per heavy atom. The lowest BCUT2D eigenvalue weighted by Gasteiger charge is -2.14. The fourth-order valence-electron chi connectivity index (χ4n) is 3.66. The zero-order valence-corrected chi connectivity index (χ0v) is 17.5. The van der Waals surface area contributed by atoms with Crippen molar-refractivity contribution in [2.24, 2.45) is 4.99 Å². The number of aliphatic hydroxyl groups excluding tert-OH is 1. The molecule has 0 radical (unpaired) electrons. The van der Waals surface area contributed by atoms with Crippen LogP contribution in [-0.4, -0.2) is 38.0 Å². The smallest absolute Gasteiger partial charge is 0.222 e. The molecule has 0 spiro atoms. The first kappa shape index (κ1) is 20.3. The molecule has 0 saturated heterocycles. The van der Waals surface area contributed by atoms with Crippen molar-refractivity contribution in [1.29, 1.82) is 0 Å². The van der Waals surface area contributed by atoms with Crippen molar-refractivity contribution in [2.45, 2.75) is 32.9 Å². The van der Waals surface area contributed by atoms with E-state index in [0.717, 1.165) is 28.1 Å². The number of aliphatic hydroxyl groups is 1. The van der Waals surface area contributed by atoms with E-state index in [0.29, 0.717) is 23.2 Å². The van der Waals surface area contributed by atoms with Gasteiger partial charge in [-0.15, -0.1) is 10.2 Å². The molecule has 0 saturated carbocycles. The van der Waals surface area contributed by atoms with Crippen LogP contribution in [0.2, 0.25) is 5.02 Å². The quantitative estimate of drug-likeness (QED) is 0.659. The molecule has 2 N–H and O–H groups in total. The van der Waals surface area contributed by atoms with Gasteiger partial charge in [0.2, 0.25) is 5.91 Å². The second-order valence-corrected chi connectivity index (χ2v) is 7.54. The first-order valence-electron chi connectivity index (χ1n) is 9.78. The Hall–Kier alpha value is -3.03. The van der Waals surface area contributed by atoms with Crippen LogP contribution in [0.1, 0.15) is 47.7 Å². The fourth-order valence-corrected chi connectivity index (χ4v) is 3.79. The van der Waals surface area contributed by atoms with Crippen LogP contribution in [0.4, 0.5) is 0 Å². The van der Waals surface area contributed by atoms with Gasteiger partial charge in [0, 0.05) is 22.7 Å². The molecule has 1 aliphatic heterocycles.